The van der Waals surface area contributed by atoms with Gasteiger partial charge in [0.25, 0.3) is 0 Å². The first-order chi connectivity index (χ1) is 9.56. The number of nitrogens with zero attached hydrogens (tertiary/aromatic N) is 2. The number of rotatable bonds is 2. The van der Waals surface area contributed by atoms with Gasteiger partial charge in [-0.05, 0) is 19.4 Å². The average molecular weight is 276 g/mol. The van der Waals surface area contributed by atoms with Crippen molar-refractivity contribution in [3.8, 4) is 5.75 Å². The Kier molecular flexibility index (Phi) is 3.30. The normalized spacial score (nSPS) is 23.9. The number of piperazine rings is 1. The lowest BCUT2D eigenvalue weighted by molar-refractivity contribution is -0.129. The topological polar surface area (TPSA) is 64.0 Å². The monoisotopic (exact) mass is 276 g/mol. The molecular weight excluding hydrogens is 256 g/mol. The van der Waals surface area contributed by atoms with Gasteiger partial charge in [0, 0.05) is 49.4 Å². The zero-order chi connectivity index (χ0) is 14.3. The quantitative estimate of drug-likeness (QED) is 0.853. The summed E-state index contributed by atoms with van der Waals surface area (Å²) in [6, 6.07) is 5.69. The van der Waals surface area contributed by atoms with Gasteiger partial charge in [0.05, 0.1) is 6.10 Å². The molecule has 2 fully saturated rings. The highest BCUT2D eigenvalue weighted by molar-refractivity contribution is 5.79. The van der Waals surface area contributed by atoms with E-state index < -0.39 is 6.10 Å². The second-order valence-corrected chi connectivity index (χ2v) is 5.64. The molecule has 0 aliphatic carbocycles. The maximum absolute atomic E-state index is 11.7. The van der Waals surface area contributed by atoms with E-state index in [0.29, 0.717) is 18.0 Å². The summed E-state index contributed by atoms with van der Waals surface area (Å²) >= 11 is 0. The van der Waals surface area contributed by atoms with Gasteiger partial charge in [0.1, 0.15) is 5.75 Å². The Balaban J connectivity index is 1.77. The number of anilines is 1. The van der Waals surface area contributed by atoms with E-state index in [9.17, 15) is 15.0 Å². The van der Waals surface area contributed by atoms with Gasteiger partial charge in [-0.25, -0.2) is 0 Å². The van der Waals surface area contributed by atoms with Crippen molar-refractivity contribution >= 4 is 11.6 Å². The number of benzene rings is 1. The molecular formula is C15H20N2O3. The van der Waals surface area contributed by atoms with E-state index in [1.807, 2.05) is 11.0 Å². The van der Waals surface area contributed by atoms with Crippen molar-refractivity contribution in [2.75, 3.05) is 24.5 Å². The molecule has 2 heterocycles. The van der Waals surface area contributed by atoms with Gasteiger partial charge in [-0.3, -0.25) is 4.79 Å². The van der Waals surface area contributed by atoms with E-state index in [-0.39, 0.29) is 11.7 Å². The predicted octanol–water partition coefficient (Wildman–Crippen LogP) is 1.26. The van der Waals surface area contributed by atoms with Gasteiger partial charge in [-0.15, -0.1) is 0 Å². The molecule has 20 heavy (non-hydrogen) atoms. The summed E-state index contributed by atoms with van der Waals surface area (Å²) in [7, 11) is 0. The minimum atomic E-state index is -0.673. The summed E-state index contributed by atoms with van der Waals surface area (Å²) in [5, 5.41) is 19.5. The Morgan fingerprint density at radius 3 is 2.85 bits per heavy atom. The number of aliphatic hydroxyl groups is 1. The summed E-state index contributed by atoms with van der Waals surface area (Å²) in [4.78, 5) is 15.8. The zero-order valence-corrected chi connectivity index (χ0v) is 11.6. The summed E-state index contributed by atoms with van der Waals surface area (Å²) in [6.07, 6.45) is 0.908. The minimum absolute atomic E-state index is 0.127. The molecule has 1 aromatic carbocycles. The highest BCUT2D eigenvalue weighted by Gasteiger charge is 2.35. The first-order valence-corrected chi connectivity index (χ1v) is 7.11. The Morgan fingerprint density at radius 2 is 2.15 bits per heavy atom. The van der Waals surface area contributed by atoms with Gasteiger partial charge >= 0.3 is 0 Å². The van der Waals surface area contributed by atoms with Crippen LogP contribution in [0.15, 0.2) is 18.2 Å². The number of fused-ring (bicyclic) bond motifs is 1. The molecule has 2 unspecified atom stereocenters. The van der Waals surface area contributed by atoms with Gasteiger partial charge in [-0.2, -0.15) is 0 Å². The van der Waals surface area contributed by atoms with Crippen LogP contribution in [0.3, 0.4) is 0 Å². The fourth-order valence-electron chi connectivity index (χ4n) is 3.18. The zero-order valence-electron chi connectivity index (χ0n) is 11.6. The second-order valence-electron chi connectivity index (χ2n) is 5.64. The SMILES string of the molecule is CC(O)c1ccc(N2CCN3C(=O)CCC3C2)cc1O. The maximum atomic E-state index is 11.7. The molecule has 5 nitrogen and oxygen atoms in total. The molecule has 2 N–H and O–H groups in total. The fraction of sp³-hybridized carbons (Fsp3) is 0.533. The van der Waals surface area contributed by atoms with Crippen LogP contribution >= 0.6 is 0 Å². The molecule has 0 aromatic heterocycles. The third-order valence-corrected chi connectivity index (χ3v) is 4.32. The molecule has 1 aromatic rings. The minimum Gasteiger partial charge on any atom is -0.507 e. The summed E-state index contributed by atoms with van der Waals surface area (Å²) < 4.78 is 0. The fourth-order valence-corrected chi connectivity index (χ4v) is 3.18. The van der Waals surface area contributed by atoms with Gasteiger partial charge in [0.2, 0.25) is 5.91 Å². The highest BCUT2D eigenvalue weighted by Crippen LogP contribution is 2.31. The van der Waals surface area contributed by atoms with Crippen LogP contribution in [-0.2, 0) is 4.79 Å². The largest absolute Gasteiger partial charge is 0.507 e. The van der Waals surface area contributed by atoms with Crippen LogP contribution < -0.4 is 4.90 Å². The molecule has 0 saturated carbocycles. The van der Waals surface area contributed by atoms with Crippen LogP contribution in [-0.4, -0.2) is 46.7 Å². The highest BCUT2D eigenvalue weighted by atomic mass is 16.3. The predicted molar refractivity (Wildman–Crippen MR) is 75.7 cm³/mol. The lowest BCUT2D eigenvalue weighted by atomic mass is 10.1. The Bertz CT molecular complexity index is 530. The maximum Gasteiger partial charge on any atom is 0.223 e. The smallest absolute Gasteiger partial charge is 0.223 e. The standard InChI is InChI=1S/C15H20N2O3/c1-10(18)13-4-2-11(8-14(13)19)16-6-7-17-12(9-16)3-5-15(17)20/h2,4,8,10,12,18-19H,3,5-7,9H2,1H3. The lowest BCUT2D eigenvalue weighted by Crippen LogP contribution is -2.51. The molecule has 2 atom stereocenters. The summed E-state index contributed by atoms with van der Waals surface area (Å²) in [5.41, 5.74) is 1.49. The Morgan fingerprint density at radius 1 is 1.35 bits per heavy atom. The van der Waals surface area contributed by atoms with Crippen molar-refractivity contribution < 1.29 is 15.0 Å². The van der Waals surface area contributed by atoms with E-state index in [0.717, 1.165) is 31.7 Å². The molecule has 108 valence electrons. The number of aromatic hydroxyl groups is 1. The summed E-state index contributed by atoms with van der Waals surface area (Å²) in [6.45, 7) is 4.00. The molecule has 3 rings (SSSR count). The average Bonchev–Trinajstić information content (AvgIpc) is 2.79. The van der Waals surface area contributed by atoms with E-state index in [1.54, 1.807) is 19.1 Å². The van der Waals surface area contributed by atoms with Crippen LogP contribution in [0.25, 0.3) is 0 Å². The van der Waals surface area contributed by atoms with E-state index in [4.69, 9.17) is 0 Å². The van der Waals surface area contributed by atoms with E-state index in [1.165, 1.54) is 0 Å². The van der Waals surface area contributed by atoms with Crippen LogP contribution in [0, 0.1) is 0 Å². The molecule has 5 heteroatoms. The van der Waals surface area contributed by atoms with Crippen molar-refractivity contribution in [1.82, 2.24) is 4.90 Å². The molecule has 2 saturated heterocycles. The van der Waals surface area contributed by atoms with Crippen molar-refractivity contribution in [3.63, 3.8) is 0 Å². The van der Waals surface area contributed by atoms with Crippen LogP contribution in [0.5, 0.6) is 5.75 Å². The number of hydrogen-bond acceptors (Lipinski definition) is 4. The van der Waals surface area contributed by atoms with Crippen LogP contribution in [0.4, 0.5) is 5.69 Å². The number of phenolic OH excluding ortho intramolecular Hbond substituents is 1. The Hall–Kier alpha value is -1.75. The molecule has 0 spiro atoms. The van der Waals surface area contributed by atoms with Crippen molar-refractivity contribution in [2.24, 2.45) is 0 Å². The molecule has 0 radical (unpaired) electrons. The molecule has 2 aliphatic heterocycles. The molecule has 2 aliphatic rings. The number of phenols is 1. The van der Waals surface area contributed by atoms with Gasteiger partial charge in [0.15, 0.2) is 0 Å². The van der Waals surface area contributed by atoms with Gasteiger partial charge in [-0.1, -0.05) is 6.07 Å². The Labute approximate surface area is 118 Å². The first kappa shape index (κ1) is 13.2. The second kappa shape index (κ2) is 4.98. The van der Waals surface area contributed by atoms with Crippen molar-refractivity contribution in [3.05, 3.63) is 23.8 Å². The number of carbonyl (C=O) groups excluding carboxylic acids is 1. The third kappa shape index (κ3) is 2.22. The number of carbonyl (C=O) groups is 1. The van der Waals surface area contributed by atoms with E-state index >= 15 is 0 Å². The number of hydrogen-bond donors (Lipinski definition) is 2. The van der Waals surface area contributed by atoms with Crippen LogP contribution in [0.1, 0.15) is 31.4 Å². The lowest BCUT2D eigenvalue weighted by Gasteiger charge is -2.39. The first-order valence-electron chi connectivity index (χ1n) is 7.11. The number of amides is 1. The third-order valence-electron chi connectivity index (χ3n) is 4.32. The summed E-state index contributed by atoms with van der Waals surface area (Å²) in [5.74, 6) is 0.393. The number of aliphatic hydroxyl groups excluding tert-OH is 1. The molecule has 1 amide bonds. The van der Waals surface area contributed by atoms with Crippen molar-refractivity contribution in [2.45, 2.75) is 31.9 Å². The molecule has 0 bridgehead atoms. The van der Waals surface area contributed by atoms with Crippen molar-refractivity contribution in [1.29, 1.82) is 0 Å². The van der Waals surface area contributed by atoms with E-state index in [2.05, 4.69) is 4.90 Å². The van der Waals surface area contributed by atoms with Gasteiger partial charge < -0.3 is 20.0 Å². The van der Waals surface area contributed by atoms with Crippen LogP contribution in [0.2, 0.25) is 0 Å².